The van der Waals surface area contributed by atoms with Gasteiger partial charge in [-0.1, -0.05) is 13.3 Å². The fraction of sp³-hybridized carbons (Fsp3) is 0.733. The highest BCUT2D eigenvalue weighted by molar-refractivity contribution is 7.89. The van der Waals surface area contributed by atoms with Gasteiger partial charge in [-0.05, 0) is 43.0 Å². The van der Waals surface area contributed by atoms with Gasteiger partial charge in [0.1, 0.15) is 4.90 Å². The largest absolute Gasteiger partial charge is 0.309 e. The van der Waals surface area contributed by atoms with E-state index in [0.717, 1.165) is 23.3 Å². The number of sulfonamides is 1. The minimum Gasteiger partial charge on any atom is -0.309 e. The molecule has 2 aliphatic rings. The van der Waals surface area contributed by atoms with Crippen LogP contribution in [0.4, 0.5) is 0 Å². The molecule has 1 aliphatic carbocycles. The second-order valence-corrected chi connectivity index (χ2v) is 9.09. The Morgan fingerprint density at radius 1 is 1.38 bits per heavy atom. The summed E-state index contributed by atoms with van der Waals surface area (Å²) in [7, 11) is -3.32. The summed E-state index contributed by atoms with van der Waals surface area (Å²) in [6.07, 6.45) is 4.49. The molecule has 1 saturated heterocycles. The zero-order valence-corrected chi connectivity index (χ0v) is 14.4. The van der Waals surface area contributed by atoms with E-state index in [9.17, 15) is 8.42 Å². The summed E-state index contributed by atoms with van der Waals surface area (Å²) in [4.78, 5) is 1.54. The van der Waals surface area contributed by atoms with Crippen LogP contribution in [-0.2, 0) is 16.6 Å². The predicted octanol–water partition coefficient (Wildman–Crippen LogP) is 2.73. The van der Waals surface area contributed by atoms with Crippen LogP contribution in [0, 0.1) is 12.8 Å². The van der Waals surface area contributed by atoms with Crippen LogP contribution in [0.1, 0.15) is 43.0 Å². The summed E-state index contributed by atoms with van der Waals surface area (Å²) in [5.74, 6) is 0.520. The standard InChI is InChI=1S/C15H24N2O2S2/c1-3-12-6-7-17(9-12)21(18,19)15-11(2)10-20-14(15)8-16-13-4-5-13/h10,12-13,16H,3-9H2,1-2H3. The molecule has 0 bridgehead atoms. The van der Waals surface area contributed by atoms with Crippen LogP contribution in [0.5, 0.6) is 0 Å². The molecule has 1 saturated carbocycles. The van der Waals surface area contributed by atoms with Crippen molar-refractivity contribution in [2.45, 2.75) is 57.0 Å². The van der Waals surface area contributed by atoms with E-state index in [0.29, 0.717) is 36.5 Å². The van der Waals surface area contributed by atoms with Crippen molar-refractivity contribution in [1.29, 1.82) is 0 Å². The van der Waals surface area contributed by atoms with Gasteiger partial charge in [-0.3, -0.25) is 0 Å². The van der Waals surface area contributed by atoms with Crippen molar-refractivity contribution in [3.05, 3.63) is 15.8 Å². The first kappa shape index (κ1) is 15.5. The molecule has 0 aromatic carbocycles. The van der Waals surface area contributed by atoms with Gasteiger partial charge in [0.05, 0.1) is 0 Å². The van der Waals surface area contributed by atoms with E-state index in [2.05, 4.69) is 12.2 Å². The molecule has 1 aromatic rings. The van der Waals surface area contributed by atoms with E-state index in [1.807, 2.05) is 12.3 Å². The number of hydrogen-bond donors (Lipinski definition) is 1. The van der Waals surface area contributed by atoms with Crippen LogP contribution in [0.15, 0.2) is 10.3 Å². The molecule has 0 spiro atoms. The van der Waals surface area contributed by atoms with Crippen LogP contribution in [0.25, 0.3) is 0 Å². The molecular weight excluding hydrogens is 304 g/mol. The van der Waals surface area contributed by atoms with E-state index in [1.54, 1.807) is 15.6 Å². The zero-order valence-electron chi connectivity index (χ0n) is 12.8. The van der Waals surface area contributed by atoms with Crippen molar-refractivity contribution in [3.63, 3.8) is 0 Å². The smallest absolute Gasteiger partial charge is 0.244 e. The number of aryl methyl sites for hydroxylation is 1. The van der Waals surface area contributed by atoms with Gasteiger partial charge < -0.3 is 5.32 Å². The van der Waals surface area contributed by atoms with Crippen molar-refractivity contribution < 1.29 is 8.42 Å². The highest BCUT2D eigenvalue weighted by Crippen LogP contribution is 2.33. The van der Waals surface area contributed by atoms with E-state index >= 15 is 0 Å². The van der Waals surface area contributed by atoms with Gasteiger partial charge in [0.2, 0.25) is 10.0 Å². The van der Waals surface area contributed by atoms with Gasteiger partial charge in [0.25, 0.3) is 0 Å². The lowest BCUT2D eigenvalue weighted by Gasteiger charge is -2.18. The second-order valence-electron chi connectivity index (χ2n) is 6.25. The molecule has 1 aromatic heterocycles. The molecule has 1 atom stereocenters. The fourth-order valence-electron chi connectivity index (χ4n) is 2.96. The number of rotatable bonds is 6. The third kappa shape index (κ3) is 3.18. The van der Waals surface area contributed by atoms with Crippen molar-refractivity contribution in [3.8, 4) is 0 Å². The van der Waals surface area contributed by atoms with Crippen molar-refractivity contribution in [2.24, 2.45) is 5.92 Å². The molecule has 2 heterocycles. The topological polar surface area (TPSA) is 49.4 Å². The summed E-state index contributed by atoms with van der Waals surface area (Å²) in [6, 6.07) is 0.596. The van der Waals surface area contributed by atoms with Gasteiger partial charge in [-0.25, -0.2) is 8.42 Å². The van der Waals surface area contributed by atoms with E-state index in [-0.39, 0.29) is 0 Å². The van der Waals surface area contributed by atoms with Crippen LogP contribution in [0.2, 0.25) is 0 Å². The quantitative estimate of drug-likeness (QED) is 0.873. The van der Waals surface area contributed by atoms with Crippen LogP contribution in [0.3, 0.4) is 0 Å². The van der Waals surface area contributed by atoms with Crippen molar-refractivity contribution in [1.82, 2.24) is 9.62 Å². The molecule has 1 N–H and O–H groups in total. The van der Waals surface area contributed by atoms with E-state index in [4.69, 9.17) is 0 Å². The first-order valence-corrected chi connectivity index (χ1v) is 10.1. The molecule has 4 nitrogen and oxygen atoms in total. The van der Waals surface area contributed by atoms with Crippen LogP contribution < -0.4 is 5.32 Å². The predicted molar refractivity (Wildman–Crippen MR) is 86.1 cm³/mol. The van der Waals surface area contributed by atoms with Gasteiger partial charge in [-0.15, -0.1) is 11.3 Å². The Labute approximate surface area is 131 Å². The second kappa shape index (κ2) is 5.99. The van der Waals surface area contributed by atoms with Gasteiger partial charge >= 0.3 is 0 Å². The molecule has 118 valence electrons. The van der Waals surface area contributed by atoms with Crippen molar-refractivity contribution >= 4 is 21.4 Å². The Kier molecular flexibility index (Phi) is 4.41. The van der Waals surface area contributed by atoms with Gasteiger partial charge in [0, 0.05) is 30.6 Å². The molecule has 21 heavy (non-hydrogen) atoms. The summed E-state index contributed by atoms with van der Waals surface area (Å²) < 4.78 is 27.6. The Hall–Kier alpha value is -0.430. The lowest BCUT2D eigenvalue weighted by Crippen LogP contribution is -2.30. The molecule has 3 rings (SSSR count). The minimum absolute atomic E-state index is 0.520. The summed E-state index contributed by atoms with van der Waals surface area (Å²) in [5, 5.41) is 5.41. The molecule has 1 unspecified atom stereocenters. The number of nitrogens with one attached hydrogen (secondary N) is 1. The fourth-order valence-corrected chi connectivity index (χ4v) is 6.20. The van der Waals surface area contributed by atoms with Gasteiger partial charge in [0.15, 0.2) is 0 Å². The average Bonchev–Trinajstić information content (AvgIpc) is 3.00. The molecule has 1 aliphatic heterocycles. The lowest BCUT2D eigenvalue weighted by molar-refractivity contribution is 0.452. The Morgan fingerprint density at radius 3 is 2.76 bits per heavy atom. The monoisotopic (exact) mass is 328 g/mol. The minimum atomic E-state index is -3.32. The van der Waals surface area contributed by atoms with Crippen LogP contribution in [-0.4, -0.2) is 31.9 Å². The Balaban J connectivity index is 1.82. The molecular formula is C15H24N2O2S2. The highest BCUT2D eigenvalue weighted by Gasteiger charge is 2.35. The lowest BCUT2D eigenvalue weighted by atomic mass is 10.1. The van der Waals surface area contributed by atoms with E-state index in [1.165, 1.54) is 12.8 Å². The first-order valence-electron chi connectivity index (χ1n) is 7.83. The molecule has 6 heteroatoms. The first-order chi connectivity index (χ1) is 10.0. The highest BCUT2D eigenvalue weighted by atomic mass is 32.2. The average molecular weight is 329 g/mol. The number of hydrogen-bond acceptors (Lipinski definition) is 4. The van der Waals surface area contributed by atoms with Gasteiger partial charge in [-0.2, -0.15) is 4.31 Å². The maximum atomic E-state index is 13.0. The summed E-state index contributed by atoms with van der Waals surface area (Å²) >= 11 is 1.57. The molecule has 0 amide bonds. The maximum absolute atomic E-state index is 13.0. The number of nitrogens with zero attached hydrogens (tertiary/aromatic N) is 1. The summed E-state index contributed by atoms with van der Waals surface area (Å²) in [5.41, 5.74) is 0.896. The van der Waals surface area contributed by atoms with Crippen LogP contribution >= 0.6 is 11.3 Å². The number of thiophene rings is 1. The van der Waals surface area contributed by atoms with E-state index < -0.39 is 10.0 Å². The van der Waals surface area contributed by atoms with Crippen molar-refractivity contribution in [2.75, 3.05) is 13.1 Å². The third-order valence-electron chi connectivity index (χ3n) is 4.54. The molecule has 2 fully saturated rings. The zero-order chi connectivity index (χ0) is 15.0. The summed E-state index contributed by atoms with van der Waals surface area (Å²) in [6.45, 7) is 6.09. The maximum Gasteiger partial charge on any atom is 0.244 e. The third-order valence-corrected chi connectivity index (χ3v) is 7.87. The SMILES string of the molecule is CCC1CCN(S(=O)(=O)c2c(C)csc2CNC2CC2)C1. The normalized spacial score (nSPS) is 23.8. The molecule has 0 radical (unpaired) electrons. The Bertz CT molecular complexity index is 605. The Morgan fingerprint density at radius 2 is 2.14 bits per heavy atom.